The van der Waals surface area contributed by atoms with E-state index in [1.54, 1.807) is 13.2 Å². The van der Waals surface area contributed by atoms with Crippen molar-refractivity contribution in [3.05, 3.63) is 65.0 Å². The van der Waals surface area contributed by atoms with E-state index in [2.05, 4.69) is 4.98 Å². The third-order valence-corrected chi connectivity index (χ3v) is 5.71. The van der Waals surface area contributed by atoms with E-state index >= 15 is 0 Å². The molecule has 1 aromatic heterocycles. The lowest BCUT2D eigenvalue weighted by atomic mass is 10.2. The second kappa shape index (κ2) is 5.79. The minimum absolute atomic E-state index is 0.368. The maximum atomic E-state index is 12.7. The smallest absolute Gasteiger partial charge is 0.261 e. The molecule has 2 heterocycles. The maximum Gasteiger partial charge on any atom is 0.282 e. The van der Waals surface area contributed by atoms with Crippen LogP contribution in [0.25, 0.3) is 0 Å². The van der Waals surface area contributed by atoms with Crippen LogP contribution in [0.5, 0.6) is 0 Å². The van der Waals surface area contributed by atoms with Crippen LogP contribution in [0, 0.1) is 6.92 Å². The first-order valence-electron chi connectivity index (χ1n) is 7.16. The molecule has 0 atom stereocenters. The van der Waals surface area contributed by atoms with Gasteiger partial charge in [-0.1, -0.05) is 30.3 Å². The van der Waals surface area contributed by atoms with Gasteiger partial charge in [0.25, 0.3) is 10.2 Å². The fourth-order valence-corrected chi connectivity index (χ4v) is 3.96. The van der Waals surface area contributed by atoms with Crippen LogP contribution >= 0.6 is 0 Å². The molecule has 1 aliphatic rings. The SMILES string of the molecule is Cc1cc2c(cn1)CN(S(=O)(=O)N(C)Cc1ccccc1)C2. The first-order valence-corrected chi connectivity index (χ1v) is 8.56. The van der Waals surface area contributed by atoms with Crippen LogP contribution in [0.4, 0.5) is 0 Å². The van der Waals surface area contributed by atoms with Crippen LogP contribution in [-0.4, -0.2) is 29.1 Å². The van der Waals surface area contributed by atoms with Crippen molar-refractivity contribution in [1.82, 2.24) is 13.6 Å². The van der Waals surface area contributed by atoms with E-state index in [1.807, 2.05) is 43.3 Å². The average molecular weight is 317 g/mol. The van der Waals surface area contributed by atoms with Crippen LogP contribution in [0.15, 0.2) is 42.6 Å². The van der Waals surface area contributed by atoms with Crippen molar-refractivity contribution in [1.29, 1.82) is 0 Å². The summed E-state index contributed by atoms with van der Waals surface area (Å²) >= 11 is 0. The Morgan fingerprint density at radius 2 is 1.86 bits per heavy atom. The number of rotatable bonds is 4. The van der Waals surface area contributed by atoms with Crippen molar-refractivity contribution in [2.75, 3.05) is 7.05 Å². The van der Waals surface area contributed by atoms with Gasteiger partial charge in [0.15, 0.2) is 0 Å². The molecule has 3 rings (SSSR count). The highest BCUT2D eigenvalue weighted by atomic mass is 32.2. The van der Waals surface area contributed by atoms with Crippen LogP contribution in [-0.2, 0) is 29.8 Å². The highest BCUT2D eigenvalue weighted by molar-refractivity contribution is 7.86. The Kier molecular flexibility index (Phi) is 3.99. The Labute approximate surface area is 131 Å². The van der Waals surface area contributed by atoms with Crippen molar-refractivity contribution in [3.63, 3.8) is 0 Å². The Hall–Kier alpha value is -1.76. The molecule has 0 spiro atoms. The van der Waals surface area contributed by atoms with Gasteiger partial charge in [-0.25, -0.2) is 0 Å². The van der Waals surface area contributed by atoms with Crippen molar-refractivity contribution in [2.45, 2.75) is 26.6 Å². The van der Waals surface area contributed by atoms with Gasteiger partial charge in [-0.15, -0.1) is 0 Å². The van der Waals surface area contributed by atoms with Gasteiger partial charge in [-0.3, -0.25) is 4.98 Å². The molecule has 0 amide bonds. The molecular weight excluding hydrogens is 298 g/mol. The van der Waals surface area contributed by atoms with E-state index in [0.717, 1.165) is 22.4 Å². The van der Waals surface area contributed by atoms with Gasteiger partial charge in [0.2, 0.25) is 0 Å². The molecule has 0 saturated heterocycles. The zero-order valence-electron chi connectivity index (χ0n) is 12.7. The average Bonchev–Trinajstić information content (AvgIpc) is 2.92. The molecule has 1 aliphatic heterocycles. The monoisotopic (exact) mass is 317 g/mol. The summed E-state index contributed by atoms with van der Waals surface area (Å²) in [5.41, 5.74) is 3.92. The molecule has 116 valence electrons. The van der Waals surface area contributed by atoms with E-state index in [4.69, 9.17) is 0 Å². The van der Waals surface area contributed by atoms with Gasteiger partial charge in [0.1, 0.15) is 0 Å². The fourth-order valence-electron chi connectivity index (χ4n) is 2.65. The van der Waals surface area contributed by atoms with Crippen molar-refractivity contribution >= 4 is 10.2 Å². The van der Waals surface area contributed by atoms with E-state index in [1.165, 1.54) is 8.61 Å². The van der Waals surface area contributed by atoms with Crippen LogP contribution in [0.2, 0.25) is 0 Å². The molecule has 0 unspecified atom stereocenters. The van der Waals surface area contributed by atoms with E-state index in [-0.39, 0.29) is 0 Å². The molecule has 0 fully saturated rings. The van der Waals surface area contributed by atoms with E-state index < -0.39 is 10.2 Å². The molecule has 0 saturated carbocycles. The predicted molar refractivity (Wildman–Crippen MR) is 85.0 cm³/mol. The largest absolute Gasteiger partial charge is 0.282 e. The van der Waals surface area contributed by atoms with Gasteiger partial charge in [0, 0.05) is 38.6 Å². The minimum atomic E-state index is -3.48. The summed E-state index contributed by atoms with van der Waals surface area (Å²) in [6.45, 7) is 3.09. The van der Waals surface area contributed by atoms with E-state index in [9.17, 15) is 8.42 Å². The molecule has 6 heteroatoms. The Balaban J connectivity index is 1.77. The molecule has 5 nitrogen and oxygen atoms in total. The zero-order valence-corrected chi connectivity index (χ0v) is 13.5. The molecule has 0 bridgehead atoms. The fraction of sp³-hybridized carbons (Fsp3) is 0.312. The van der Waals surface area contributed by atoms with Gasteiger partial charge in [-0.2, -0.15) is 17.0 Å². The molecule has 0 aliphatic carbocycles. The lowest BCUT2D eigenvalue weighted by Crippen LogP contribution is -2.38. The predicted octanol–water partition coefficient (Wildman–Crippen LogP) is 2.08. The Morgan fingerprint density at radius 3 is 2.59 bits per heavy atom. The molecule has 0 N–H and O–H groups in total. The number of hydrogen-bond donors (Lipinski definition) is 0. The summed E-state index contributed by atoms with van der Waals surface area (Å²) in [7, 11) is -1.86. The van der Waals surface area contributed by atoms with Crippen molar-refractivity contribution in [3.8, 4) is 0 Å². The standard InChI is InChI=1S/C16H19N3O2S/c1-13-8-15-11-19(12-16(15)9-17-13)22(20,21)18(2)10-14-6-4-3-5-7-14/h3-9H,10-12H2,1-2H3. The molecule has 2 aromatic rings. The highest BCUT2D eigenvalue weighted by Gasteiger charge is 2.32. The van der Waals surface area contributed by atoms with E-state index in [0.29, 0.717) is 19.6 Å². The highest BCUT2D eigenvalue weighted by Crippen LogP contribution is 2.26. The number of nitrogens with zero attached hydrogens (tertiary/aromatic N) is 3. The Bertz CT molecular complexity index is 775. The molecular formula is C16H19N3O2S. The van der Waals surface area contributed by atoms with Crippen LogP contribution in [0.3, 0.4) is 0 Å². The summed E-state index contributed by atoms with van der Waals surface area (Å²) < 4.78 is 28.3. The summed E-state index contributed by atoms with van der Waals surface area (Å²) in [5.74, 6) is 0. The zero-order chi connectivity index (χ0) is 15.7. The van der Waals surface area contributed by atoms with Crippen LogP contribution < -0.4 is 0 Å². The summed E-state index contributed by atoms with van der Waals surface area (Å²) in [5, 5.41) is 0. The molecule has 22 heavy (non-hydrogen) atoms. The number of benzene rings is 1. The summed E-state index contributed by atoms with van der Waals surface area (Å²) in [4.78, 5) is 4.24. The number of aryl methyl sites for hydroxylation is 1. The topological polar surface area (TPSA) is 53.5 Å². The second-order valence-corrected chi connectivity index (χ2v) is 7.65. The summed E-state index contributed by atoms with van der Waals surface area (Å²) in [6, 6.07) is 11.6. The van der Waals surface area contributed by atoms with Gasteiger partial charge < -0.3 is 0 Å². The minimum Gasteiger partial charge on any atom is -0.261 e. The third-order valence-electron chi connectivity index (χ3n) is 3.88. The second-order valence-electron chi connectivity index (χ2n) is 5.61. The summed E-state index contributed by atoms with van der Waals surface area (Å²) in [6.07, 6.45) is 1.78. The number of aromatic nitrogens is 1. The van der Waals surface area contributed by atoms with Crippen molar-refractivity contribution in [2.24, 2.45) is 0 Å². The lowest BCUT2D eigenvalue weighted by molar-refractivity contribution is 0.365. The van der Waals surface area contributed by atoms with Gasteiger partial charge in [0.05, 0.1) is 0 Å². The number of pyridine rings is 1. The van der Waals surface area contributed by atoms with Gasteiger partial charge in [-0.05, 0) is 29.7 Å². The lowest BCUT2D eigenvalue weighted by Gasteiger charge is -2.23. The molecule has 0 radical (unpaired) electrons. The van der Waals surface area contributed by atoms with Gasteiger partial charge >= 0.3 is 0 Å². The molecule has 1 aromatic carbocycles. The number of fused-ring (bicyclic) bond motifs is 1. The maximum absolute atomic E-state index is 12.7. The quantitative estimate of drug-likeness (QED) is 0.867. The normalized spacial score (nSPS) is 15.2. The van der Waals surface area contributed by atoms with Crippen LogP contribution in [0.1, 0.15) is 22.4 Å². The van der Waals surface area contributed by atoms with Crippen molar-refractivity contribution < 1.29 is 8.42 Å². The Morgan fingerprint density at radius 1 is 1.18 bits per heavy atom. The third kappa shape index (κ3) is 2.90. The first-order chi connectivity index (χ1) is 10.5. The number of hydrogen-bond acceptors (Lipinski definition) is 3. The first kappa shape index (κ1) is 15.1.